The molecule has 2 nitrogen and oxygen atoms in total. The van der Waals surface area contributed by atoms with E-state index in [4.69, 9.17) is 0 Å². The molecule has 2 atom stereocenters. The highest BCUT2D eigenvalue weighted by atomic mass is 15.3. The summed E-state index contributed by atoms with van der Waals surface area (Å²) in [5, 5.41) is 3.73. The van der Waals surface area contributed by atoms with E-state index in [1.54, 1.807) is 0 Å². The fraction of sp³-hybridized carbons (Fsp3) is 1.00. The largest absolute Gasteiger partial charge is 0.311 e. The van der Waals surface area contributed by atoms with Crippen LogP contribution in [0.2, 0.25) is 0 Å². The molecule has 0 aromatic carbocycles. The predicted molar refractivity (Wildman–Crippen MR) is 78.8 cm³/mol. The number of nitrogens with one attached hydrogen (secondary N) is 1. The van der Waals surface area contributed by atoms with Gasteiger partial charge in [0.2, 0.25) is 0 Å². The van der Waals surface area contributed by atoms with Crippen LogP contribution in [0.15, 0.2) is 0 Å². The lowest BCUT2D eigenvalue weighted by Crippen LogP contribution is -2.60. The third-order valence-corrected chi connectivity index (χ3v) is 5.94. The van der Waals surface area contributed by atoms with Crippen LogP contribution in [0.1, 0.15) is 55.4 Å². The zero-order chi connectivity index (χ0) is 13.9. The first-order valence-electron chi connectivity index (χ1n) is 7.48. The van der Waals surface area contributed by atoms with E-state index in [1.165, 1.54) is 6.54 Å². The van der Waals surface area contributed by atoms with E-state index in [0.717, 1.165) is 12.6 Å². The summed E-state index contributed by atoms with van der Waals surface area (Å²) in [4.78, 5) is 2.77. The molecule has 1 aliphatic carbocycles. The predicted octanol–water partition coefficient (Wildman–Crippen LogP) is 3.13. The second-order valence-electron chi connectivity index (χ2n) is 8.72. The molecule has 1 saturated carbocycles. The van der Waals surface area contributed by atoms with Crippen LogP contribution >= 0.6 is 0 Å². The highest BCUT2D eigenvalue weighted by molar-refractivity contribution is 5.20. The van der Waals surface area contributed by atoms with Crippen LogP contribution in [0.25, 0.3) is 0 Å². The maximum atomic E-state index is 3.73. The minimum Gasteiger partial charge on any atom is -0.311 e. The van der Waals surface area contributed by atoms with Gasteiger partial charge in [0, 0.05) is 31.2 Å². The van der Waals surface area contributed by atoms with E-state index in [1.807, 2.05) is 0 Å². The van der Waals surface area contributed by atoms with Gasteiger partial charge in [-0.25, -0.2) is 0 Å². The van der Waals surface area contributed by atoms with Crippen LogP contribution in [0, 0.1) is 16.2 Å². The zero-order valence-corrected chi connectivity index (χ0v) is 13.6. The summed E-state index contributed by atoms with van der Waals surface area (Å²) in [5.74, 6) is 0. The lowest BCUT2D eigenvalue weighted by Gasteiger charge is -2.45. The molecule has 1 saturated heterocycles. The van der Waals surface area contributed by atoms with Gasteiger partial charge in [-0.05, 0) is 23.2 Å². The average molecular weight is 252 g/mol. The third-order valence-electron chi connectivity index (χ3n) is 5.94. The number of hydrogen-bond donors (Lipinski definition) is 1. The molecule has 2 fully saturated rings. The molecule has 2 rings (SSSR count). The normalized spacial score (nSPS) is 36.7. The van der Waals surface area contributed by atoms with Crippen molar-refractivity contribution in [3.63, 3.8) is 0 Å². The average Bonchev–Trinajstić information content (AvgIpc) is 2.57. The van der Waals surface area contributed by atoms with Crippen LogP contribution in [-0.2, 0) is 0 Å². The highest BCUT2D eigenvalue weighted by Crippen LogP contribution is 2.65. The molecule has 106 valence electrons. The second kappa shape index (κ2) is 3.96. The van der Waals surface area contributed by atoms with E-state index in [-0.39, 0.29) is 0 Å². The van der Waals surface area contributed by atoms with Crippen molar-refractivity contribution in [1.82, 2.24) is 10.2 Å². The molecule has 2 unspecified atom stereocenters. The van der Waals surface area contributed by atoms with Gasteiger partial charge in [0.15, 0.2) is 0 Å². The molecular weight excluding hydrogens is 220 g/mol. The van der Waals surface area contributed by atoms with E-state index in [2.05, 4.69) is 65.6 Å². The molecule has 0 spiro atoms. The van der Waals surface area contributed by atoms with Gasteiger partial charge in [0.1, 0.15) is 0 Å². The van der Waals surface area contributed by atoms with E-state index in [0.29, 0.717) is 28.3 Å². The van der Waals surface area contributed by atoms with E-state index < -0.39 is 0 Å². The highest BCUT2D eigenvalue weighted by Gasteiger charge is 2.67. The van der Waals surface area contributed by atoms with Gasteiger partial charge in [-0.3, -0.25) is 4.90 Å². The Morgan fingerprint density at radius 2 is 1.56 bits per heavy atom. The van der Waals surface area contributed by atoms with Crippen LogP contribution in [0.4, 0.5) is 0 Å². The quantitative estimate of drug-likeness (QED) is 0.771. The summed E-state index contributed by atoms with van der Waals surface area (Å²) < 4.78 is 0. The first-order valence-corrected chi connectivity index (χ1v) is 7.48. The zero-order valence-electron chi connectivity index (χ0n) is 13.6. The van der Waals surface area contributed by atoms with E-state index >= 15 is 0 Å². The Morgan fingerprint density at radius 3 is 1.94 bits per heavy atom. The monoisotopic (exact) mass is 252 g/mol. The smallest absolute Gasteiger partial charge is 0.0244 e. The molecule has 0 radical (unpaired) electrons. The minimum absolute atomic E-state index is 0.349. The molecule has 1 heterocycles. The number of rotatable bonds is 1. The Labute approximate surface area is 114 Å². The summed E-state index contributed by atoms with van der Waals surface area (Å²) in [7, 11) is 0. The Balaban J connectivity index is 2.13. The minimum atomic E-state index is 0.349. The molecule has 2 heteroatoms. The van der Waals surface area contributed by atoms with Crippen molar-refractivity contribution >= 4 is 0 Å². The topological polar surface area (TPSA) is 15.3 Å². The molecule has 18 heavy (non-hydrogen) atoms. The van der Waals surface area contributed by atoms with Gasteiger partial charge in [0.25, 0.3) is 0 Å². The fourth-order valence-electron chi connectivity index (χ4n) is 3.82. The van der Waals surface area contributed by atoms with Crippen LogP contribution in [0.5, 0.6) is 0 Å². The molecule has 0 aromatic rings. The maximum Gasteiger partial charge on any atom is 0.0244 e. The van der Waals surface area contributed by atoms with Crippen molar-refractivity contribution in [2.75, 3.05) is 13.1 Å². The van der Waals surface area contributed by atoms with Crippen molar-refractivity contribution in [2.24, 2.45) is 16.2 Å². The van der Waals surface area contributed by atoms with Crippen molar-refractivity contribution in [1.29, 1.82) is 0 Å². The Morgan fingerprint density at radius 1 is 1.06 bits per heavy atom. The fourth-order valence-corrected chi connectivity index (χ4v) is 3.82. The van der Waals surface area contributed by atoms with Crippen molar-refractivity contribution in [3.8, 4) is 0 Å². The second-order valence-corrected chi connectivity index (χ2v) is 8.72. The van der Waals surface area contributed by atoms with E-state index in [9.17, 15) is 0 Å². The molecule has 0 amide bonds. The summed E-state index contributed by atoms with van der Waals surface area (Å²) in [6, 6.07) is 2.02. The summed E-state index contributed by atoms with van der Waals surface area (Å²) in [5.41, 5.74) is 1.27. The van der Waals surface area contributed by atoms with Crippen LogP contribution in [0.3, 0.4) is 0 Å². The third kappa shape index (κ3) is 2.02. The van der Waals surface area contributed by atoms with Gasteiger partial charge in [0.05, 0.1) is 0 Å². The van der Waals surface area contributed by atoms with Crippen molar-refractivity contribution < 1.29 is 0 Å². The number of nitrogens with zero attached hydrogens (tertiary/aromatic N) is 1. The molecule has 0 bridgehead atoms. The Bertz CT molecular complexity index is 310. The number of hydrogen-bond acceptors (Lipinski definition) is 2. The molecule has 1 aliphatic heterocycles. The SMILES string of the molecule is CC1CNC(C(C)(C)C)CN1C1C(C)(C)C1(C)C. The van der Waals surface area contributed by atoms with Gasteiger partial charge >= 0.3 is 0 Å². The first-order chi connectivity index (χ1) is 7.99. The van der Waals surface area contributed by atoms with Crippen LogP contribution in [-0.4, -0.2) is 36.1 Å². The van der Waals surface area contributed by atoms with Gasteiger partial charge in [-0.15, -0.1) is 0 Å². The lowest BCUT2D eigenvalue weighted by atomic mass is 9.84. The van der Waals surface area contributed by atoms with Gasteiger partial charge in [-0.2, -0.15) is 0 Å². The summed E-state index contributed by atoms with van der Waals surface area (Å²) in [6.45, 7) is 21.5. The van der Waals surface area contributed by atoms with Gasteiger partial charge < -0.3 is 5.32 Å². The van der Waals surface area contributed by atoms with Crippen molar-refractivity contribution in [3.05, 3.63) is 0 Å². The Kier molecular flexibility index (Phi) is 3.15. The maximum absolute atomic E-state index is 3.73. The van der Waals surface area contributed by atoms with Crippen molar-refractivity contribution in [2.45, 2.75) is 73.5 Å². The molecule has 2 aliphatic rings. The molecule has 1 N–H and O–H groups in total. The number of piperazine rings is 1. The summed E-state index contributed by atoms with van der Waals surface area (Å²) in [6.07, 6.45) is 0. The standard InChI is InChI=1S/C16H32N2/c1-11-9-17-12(14(2,3)4)10-18(11)13-15(5,6)16(13,7)8/h11-13,17H,9-10H2,1-8H3. The molecule has 0 aromatic heterocycles. The lowest BCUT2D eigenvalue weighted by molar-refractivity contribution is 0.0721. The molecular formula is C16H32N2. The van der Waals surface area contributed by atoms with Crippen LogP contribution < -0.4 is 5.32 Å². The summed E-state index contributed by atoms with van der Waals surface area (Å²) >= 11 is 0. The Hall–Kier alpha value is -0.0800. The first kappa shape index (κ1) is 14.3. The van der Waals surface area contributed by atoms with Gasteiger partial charge in [-0.1, -0.05) is 48.5 Å².